The summed E-state index contributed by atoms with van der Waals surface area (Å²) in [5.74, 6) is 0.387. The van der Waals surface area contributed by atoms with Crippen LogP contribution in [-0.2, 0) is 4.79 Å². The van der Waals surface area contributed by atoms with E-state index in [0.717, 1.165) is 12.8 Å². The minimum absolute atomic E-state index is 0.265. The van der Waals surface area contributed by atoms with Crippen molar-refractivity contribution in [2.75, 3.05) is 0 Å². The van der Waals surface area contributed by atoms with Crippen molar-refractivity contribution in [1.29, 1.82) is 0 Å². The highest BCUT2D eigenvalue weighted by atomic mass is 16.1. The summed E-state index contributed by atoms with van der Waals surface area (Å²) in [6.45, 7) is 6.61. The Hall–Kier alpha value is -0.590. The van der Waals surface area contributed by atoms with Gasteiger partial charge in [-0.25, -0.2) is 0 Å². The Balaban J connectivity index is 2.69. The molecule has 1 rings (SSSR count). The number of carbonyl (C=O) groups is 1. The molecule has 0 spiro atoms. The monoisotopic (exact) mass is 152 g/mol. The summed E-state index contributed by atoms with van der Waals surface area (Å²) in [6.07, 6.45) is 4.49. The third-order valence-corrected chi connectivity index (χ3v) is 2.21. The second-order valence-corrected chi connectivity index (χ2v) is 4.22. The third-order valence-electron chi connectivity index (χ3n) is 2.21. The van der Waals surface area contributed by atoms with Gasteiger partial charge in [-0.2, -0.15) is 0 Å². The topological polar surface area (TPSA) is 17.1 Å². The van der Waals surface area contributed by atoms with Crippen molar-refractivity contribution in [2.24, 2.45) is 5.41 Å². The average molecular weight is 152 g/mol. The van der Waals surface area contributed by atoms with E-state index in [1.54, 1.807) is 0 Å². The zero-order chi connectivity index (χ0) is 8.48. The molecule has 1 nitrogen and oxygen atoms in total. The molecule has 1 heteroatoms. The molecular formula is C10H16O. The first-order chi connectivity index (χ1) is 5.00. The first-order valence-electron chi connectivity index (χ1n) is 4.21. The highest BCUT2D eigenvalue weighted by Crippen LogP contribution is 2.31. The Morgan fingerprint density at radius 1 is 1.27 bits per heavy atom. The zero-order valence-corrected chi connectivity index (χ0v) is 7.61. The molecule has 0 saturated heterocycles. The van der Waals surface area contributed by atoms with E-state index in [2.05, 4.69) is 26.8 Å². The summed E-state index contributed by atoms with van der Waals surface area (Å²) in [7, 11) is 0. The van der Waals surface area contributed by atoms with Crippen LogP contribution in [0.5, 0.6) is 0 Å². The molecule has 0 aromatic carbocycles. The summed E-state index contributed by atoms with van der Waals surface area (Å²) in [5.41, 5.74) is 1.71. The fraction of sp³-hybridized carbons (Fsp3) is 0.700. The van der Waals surface area contributed by atoms with Crippen LogP contribution >= 0.6 is 0 Å². The van der Waals surface area contributed by atoms with Gasteiger partial charge in [-0.15, -0.1) is 0 Å². The number of rotatable bonds is 0. The second-order valence-electron chi connectivity index (χ2n) is 4.22. The number of allylic oxidation sites excluding steroid dienone is 2. The van der Waals surface area contributed by atoms with Gasteiger partial charge in [-0.05, 0) is 11.8 Å². The summed E-state index contributed by atoms with van der Waals surface area (Å²) >= 11 is 0. The quantitative estimate of drug-likeness (QED) is 0.488. The Morgan fingerprint density at radius 2 is 1.91 bits per heavy atom. The van der Waals surface area contributed by atoms with Crippen LogP contribution in [0.1, 0.15) is 40.0 Å². The van der Waals surface area contributed by atoms with Crippen LogP contribution < -0.4 is 0 Å². The van der Waals surface area contributed by atoms with Crippen molar-refractivity contribution >= 4 is 5.78 Å². The molecule has 1 aliphatic carbocycles. The molecule has 0 atom stereocenters. The number of Topliss-reactive ketones (excluding diaryl/α,β-unsaturated/α-hetero) is 1. The summed E-state index contributed by atoms with van der Waals surface area (Å²) in [4.78, 5) is 10.9. The molecule has 0 aromatic heterocycles. The van der Waals surface area contributed by atoms with Crippen molar-refractivity contribution < 1.29 is 4.79 Å². The first-order valence-corrected chi connectivity index (χ1v) is 4.21. The molecule has 1 aliphatic rings. The zero-order valence-electron chi connectivity index (χ0n) is 7.61. The first kappa shape index (κ1) is 8.51. The molecule has 0 amide bonds. The lowest BCUT2D eigenvalue weighted by atomic mass is 9.80. The number of carbonyl (C=O) groups excluding carboxylic acids is 1. The van der Waals surface area contributed by atoms with Gasteiger partial charge in [-0.1, -0.05) is 32.4 Å². The lowest BCUT2D eigenvalue weighted by Gasteiger charge is -2.25. The molecular weight excluding hydrogens is 136 g/mol. The van der Waals surface area contributed by atoms with Crippen molar-refractivity contribution in [3.05, 3.63) is 11.6 Å². The van der Waals surface area contributed by atoms with Gasteiger partial charge in [0.25, 0.3) is 0 Å². The summed E-state index contributed by atoms with van der Waals surface area (Å²) in [6, 6.07) is 0. The van der Waals surface area contributed by atoms with Gasteiger partial charge in [0.15, 0.2) is 0 Å². The number of hydrogen-bond acceptors (Lipinski definition) is 1. The van der Waals surface area contributed by atoms with E-state index < -0.39 is 0 Å². The molecule has 0 heterocycles. The normalized spacial score (nSPS) is 19.9. The van der Waals surface area contributed by atoms with Gasteiger partial charge in [0, 0.05) is 12.8 Å². The molecule has 0 bridgehead atoms. The smallest absolute Gasteiger partial charge is 0.136 e. The minimum atomic E-state index is 0.265. The highest BCUT2D eigenvalue weighted by molar-refractivity contribution is 5.81. The van der Waals surface area contributed by atoms with Crippen LogP contribution in [0.3, 0.4) is 0 Å². The fourth-order valence-electron chi connectivity index (χ4n) is 1.40. The Labute approximate surface area is 68.5 Å². The van der Waals surface area contributed by atoms with Crippen LogP contribution in [0.25, 0.3) is 0 Å². The molecule has 0 aromatic rings. The van der Waals surface area contributed by atoms with Gasteiger partial charge in [0.05, 0.1) is 0 Å². The van der Waals surface area contributed by atoms with E-state index in [0.29, 0.717) is 12.2 Å². The van der Waals surface area contributed by atoms with E-state index in [1.807, 2.05) is 0 Å². The van der Waals surface area contributed by atoms with Crippen molar-refractivity contribution in [3.8, 4) is 0 Å². The van der Waals surface area contributed by atoms with Crippen molar-refractivity contribution in [2.45, 2.75) is 40.0 Å². The van der Waals surface area contributed by atoms with Crippen LogP contribution in [0.2, 0.25) is 0 Å². The largest absolute Gasteiger partial charge is 0.299 e. The molecule has 0 saturated carbocycles. The Bertz CT molecular complexity index is 193. The van der Waals surface area contributed by atoms with Gasteiger partial charge < -0.3 is 0 Å². The fourth-order valence-corrected chi connectivity index (χ4v) is 1.40. The lowest BCUT2D eigenvalue weighted by Crippen LogP contribution is -2.14. The van der Waals surface area contributed by atoms with E-state index in [4.69, 9.17) is 0 Å². The van der Waals surface area contributed by atoms with Crippen LogP contribution in [0, 0.1) is 5.41 Å². The third kappa shape index (κ3) is 2.18. The van der Waals surface area contributed by atoms with Crippen LogP contribution in [0.15, 0.2) is 11.6 Å². The number of hydrogen-bond donors (Lipinski definition) is 0. The predicted molar refractivity (Wildman–Crippen MR) is 46.4 cm³/mol. The predicted octanol–water partition coefficient (Wildman–Crippen LogP) is 2.71. The molecule has 11 heavy (non-hydrogen) atoms. The lowest BCUT2D eigenvalue weighted by molar-refractivity contribution is -0.118. The maximum atomic E-state index is 10.9. The highest BCUT2D eigenvalue weighted by Gasteiger charge is 2.20. The second kappa shape index (κ2) is 2.80. The summed E-state index contributed by atoms with van der Waals surface area (Å²) < 4.78 is 0. The van der Waals surface area contributed by atoms with E-state index in [1.165, 1.54) is 5.57 Å². The maximum Gasteiger partial charge on any atom is 0.136 e. The van der Waals surface area contributed by atoms with Gasteiger partial charge in [0.1, 0.15) is 5.78 Å². The van der Waals surface area contributed by atoms with Crippen molar-refractivity contribution in [1.82, 2.24) is 0 Å². The van der Waals surface area contributed by atoms with Crippen molar-refractivity contribution in [3.63, 3.8) is 0 Å². The Morgan fingerprint density at radius 3 is 2.27 bits per heavy atom. The minimum Gasteiger partial charge on any atom is -0.299 e. The molecule has 0 N–H and O–H groups in total. The SMILES string of the molecule is CC(C)(C)C1=CCC(=O)CC1. The standard InChI is InChI=1S/C10H16O/c1-10(2,3)8-4-6-9(11)7-5-8/h4H,5-7H2,1-3H3. The van der Waals surface area contributed by atoms with Gasteiger partial charge in [0.2, 0.25) is 0 Å². The Kier molecular flexibility index (Phi) is 2.17. The molecule has 0 unspecified atom stereocenters. The van der Waals surface area contributed by atoms with E-state index in [9.17, 15) is 4.79 Å². The molecule has 62 valence electrons. The average Bonchev–Trinajstić information content (AvgIpc) is 1.86. The molecule has 0 radical (unpaired) electrons. The van der Waals surface area contributed by atoms with Crippen LogP contribution in [0.4, 0.5) is 0 Å². The van der Waals surface area contributed by atoms with E-state index in [-0.39, 0.29) is 5.41 Å². The van der Waals surface area contributed by atoms with Gasteiger partial charge in [-0.3, -0.25) is 4.79 Å². The van der Waals surface area contributed by atoms with Crippen LogP contribution in [-0.4, -0.2) is 5.78 Å². The molecule has 0 fully saturated rings. The number of ketones is 1. The molecule has 0 aliphatic heterocycles. The maximum absolute atomic E-state index is 10.9. The van der Waals surface area contributed by atoms with Gasteiger partial charge >= 0.3 is 0 Å². The van der Waals surface area contributed by atoms with E-state index >= 15 is 0 Å². The summed E-state index contributed by atoms with van der Waals surface area (Å²) in [5, 5.41) is 0.